The van der Waals surface area contributed by atoms with Crippen LogP contribution < -0.4 is 4.90 Å². The first-order valence-corrected chi connectivity index (χ1v) is 11.9. The first kappa shape index (κ1) is 20.9. The Morgan fingerprint density at radius 2 is 1.47 bits per heavy atom. The number of piperazine rings is 1. The van der Waals surface area contributed by atoms with Gasteiger partial charge in [0.1, 0.15) is 5.82 Å². The molecule has 3 aliphatic heterocycles. The van der Waals surface area contributed by atoms with Gasteiger partial charge in [-0.25, -0.2) is 4.39 Å². The molecular weight excluding hydrogens is 429 g/mol. The molecule has 3 aliphatic rings. The number of nitrogens with zero attached hydrogens (tertiary/aromatic N) is 3. The lowest BCUT2D eigenvalue weighted by Crippen LogP contribution is -2.54. The molecule has 3 aromatic carbocycles. The Kier molecular flexibility index (Phi) is 5.09. The van der Waals surface area contributed by atoms with Crippen LogP contribution in [0.25, 0.3) is 0 Å². The fourth-order valence-electron chi connectivity index (χ4n) is 5.78. The zero-order chi connectivity index (χ0) is 23.2. The Balaban J connectivity index is 1.32. The normalized spacial score (nSPS) is 21.6. The third kappa shape index (κ3) is 3.36. The zero-order valence-corrected chi connectivity index (χ0v) is 18.9. The van der Waals surface area contributed by atoms with Gasteiger partial charge in [0.05, 0.1) is 12.0 Å². The van der Waals surface area contributed by atoms with Crippen LogP contribution in [0.5, 0.6) is 0 Å². The number of hydrogen-bond acceptors (Lipinski definition) is 3. The van der Waals surface area contributed by atoms with Crippen molar-refractivity contribution in [3.05, 3.63) is 101 Å². The number of anilines is 1. The molecule has 0 saturated carbocycles. The minimum atomic E-state index is -0.423. The summed E-state index contributed by atoms with van der Waals surface area (Å²) in [4.78, 5) is 33.5. The second-order valence-electron chi connectivity index (χ2n) is 9.25. The summed E-state index contributed by atoms with van der Waals surface area (Å²) in [5.74, 6) is -0.584. The highest BCUT2D eigenvalue weighted by Gasteiger charge is 2.47. The molecule has 34 heavy (non-hydrogen) atoms. The van der Waals surface area contributed by atoms with Crippen LogP contribution in [-0.4, -0.2) is 54.3 Å². The smallest absolute Gasteiger partial charge is 0.254 e. The van der Waals surface area contributed by atoms with Crippen molar-refractivity contribution in [2.75, 3.05) is 37.6 Å². The summed E-state index contributed by atoms with van der Waals surface area (Å²) in [6.45, 7) is 3.19. The van der Waals surface area contributed by atoms with E-state index < -0.39 is 5.92 Å². The Bertz CT molecular complexity index is 1250. The molecule has 0 radical (unpaired) electrons. The summed E-state index contributed by atoms with van der Waals surface area (Å²) in [5.41, 5.74) is 4.74. The number of carbonyl (C=O) groups is 2. The quantitative estimate of drug-likeness (QED) is 0.587. The number of carbonyl (C=O) groups excluding carboxylic acids is 2. The lowest BCUT2D eigenvalue weighted by atomic mass is 9.75. The molecular formula is C28H26FN3O2. The summed E-state index contributed by atoms with van der Waals surface area (Å²) in [6, 6.07) is 22.0. The van der Waals surface area contributed by atoms with Crippen LogP contribution in [-0.2, 0) is 11.2 Å². The van der Waals surface area contributed by atoms with Gasteiger partial charge in [-0.2, -0.15) is 0 Å². The minimum Gasteiger partial charge on any atom is -0.368 e. The molecule has 172 valence electrons. The molecule has 0 spiro atoms. The number of halogens is 1. The number of hydrogen-bond donors (Lipinski definition) is 0. The molecule has 0 bridgehead atoms. The van der Waals surface area contributed by atoms with Crippen LogP contribution >= 0.6 is 0 Å². The van der Waals surface area contributed by atoms with Gasteiger partial charge in [-0.3, -0.25) is 9.59 Å². The van der Waals surface area contributed by atoms with E-state index in [1.807, 2.05) is 46.2 Å². The van der Waals surface area contributed by atoms with E-state index in [1.165, 1.54) is 17.7 Å². The maximum absolute atomic E-state index is 14.1. The predicted molar refractivity (Wildman–Crippen MR) is 128 cm³/mol. The maximum Gasteiger partial charge on any atom is 0.254 e. The molecule has 1 saturated heterocycles. The zero-order valence-electron chi connectivity index (χ0n) is 18.9. The van der Waals surface area contributed by atoms with Gasteiger partial charge in [-0.1, -0.05) is 42.5 Å². The highest BCUT2D eigenvalue weighted by molar-refractivity contribution is 6.01. The average molecular weight is 456 g/mol. The summed E-state index contributed by atoms with van der Waals surface area (Å²) >= 11 is 0. The highest BCUT2D eigenvalue weighted by Crippen LogP contribution is 2.46. The van der Waals surface area contributed by atoms with Crippen molar-refractivity contribution in [3.63, 3.8) is 0 Å². The number of benzene rings is 3. The molecule has 5 nitrogen and oxygen atoms in total. The second kappa shape index (κ2) is 8.28. The van der Waals surface area contributed by atoms with Crippen molar-refractivity contribution >= 4 is 17.5 Å². The second-order valence-corrected chi connectivity index (χ2v) is 9.25. The van der Waals surface area contributed by atoms with Crippen molar-refractivity contribution in [2.45, 2.75) is 18.4 Å². The number of amides is 2. The van der Waals surface area contributed by atoms with Crippen LogP contribution in [0.15, 0.2) is 72.8 Å². The maximum atomic E-state index is 14.1. The van der Waals surface area contributed by atoms with Crippen LogP contribution in [0.3, 0.4) is 0 Å². The van der Waals surface area contributed by atoms with E-state index in [0.29, 0.717) is 38.3 Å². The van der Waals surface area contributed by atoms with Crippen molar-refractivity contribution in [1.29, 1.82) is 0 Å². The van der Waals surface area contributed by atoms with Crippen molar-refractivity contribution in [2.24, 2.45) is 0 Å². The van der Waals surface area contributed by atoms with E-state index in [-0.39, 0.29) is 23.7 Å². The molecule has 3 aromatic rings. The van der Waals surface area contributed by atoms with E-state index in [2.05, 4.69) is 17.0 Å². The first-order valence-electron chi connectivity index (χ1n) is 11.9. The summed E-state index contributed by atoms with van der Waals surface area (Å²) in [6.07, 6.45) is 0.803. The Morgan fingerprint density at radius 3 is 2.24 bits per heavy atom. The SMILES string of the molecule is O=C([C@@H]1c2ccccc2C(=O)N2CCc3ccccc3[C@@H]12)N1CCN(c2ccc(F)cc2)CC1. The molecule has 2 atom stereocenters. The highest BCUT2D eigenvalue weighted by atomic mass is 19.1. The van der Waals surface area contributed by atoms with E-state index >= 15 is 0 Å². The number of fused-ring (bicyclic) bond motifs is 4. The monoisotopic (exact) mass is 455 g/mol. The average Bonchev–Trinajstić information content (AvgIpc) is 2.89. The van der Waals surface area contributed by atoms with Gasteiger partial charge in [0.2, 0.25) is 5.91 Å². The third-order valence-electron chi connectivity index (χ3n) is 7.48. The van der Waals surface area contributed by atoms with E-state index in [9.17, 15) is 14.0 Å². The first-order chi connectivity index (χ1) is 16.6. The van der Waals surface area contributed by atoms with Crippen molar-refractivity contribution in [3.8, 4) is 0 Å². The van der Waals surface area contributed by atoms with Crippen LogP contribution in [0.4, 0.5) is 10.1 Å². The van der Waals surface area contributed by atoms with Gasteiger partial charge in [0.15, 0.2) is 0 Å². The minimum absolute atomic E-state index is 0.0142. The van der Waals surface area contributed by atoms with Crippen LogP contribution in [0.1, 0.15) is 39.0 Å². The van der Waals surface area contributed by atoms with Crippen molar-refractivity contribution in [1.82, 2.24) is 9.80 Å². The summed E-state index contributed by atoms with van der Waals surface area (Å²) in [5, 5.41) is 0. The van der Waals surface area contributed by atoms with E-state index in [4.69, 9.17) is 0 Å². The van der Waals surface area contributed by atoms with Gasteiger partial charge < -0.3 is 14.7 Å². The van der Waals surface area contributed by atoms with E-state index in [0.717, 1.165) is 23.2 Å². The Hall–Kier alpha value is -3.67. The lowest BCUT2D eigenvalue weighted by molar-refractivity contribution is -0.135. The van der Waals surface area contributed by atoms with Gasteiger partial charge in [0, 0.05) is 44.0 Å². The summed E-state index contributed by atoms with van der Waals surface area (Å²) < 4.78 is 13.3. The largest absolute Gasteiger partial charge is 0.368 e. The van der Waals surface area contributed by atoms with Crippen molar-refractivity contribution < 1.29 is 14.0 Å². The fraction of sp³-hybridized carbons (Fsp3) is 0.286. The molecule has 1 fully saturated rings. The molecule has 0 unspecified atom stereocenters. The van der Waals surface area contributed by atoms with Gasteiger partial charge in [-0.15, -0.1) is 0 Å². The van der Waals surface area contributed by atoms with Gasteiger partial charge >= 0.3 is 0 Å². The van der Waals surface area contributed by atoms with Gasteiger partial charge in [0.25, 0.3) is 5.91 Å². The number of rotatable bonds is 2. The lowest BCUT2D eigenvalue weighted by Gasteiger charge is -2.47. The topological polar surface area (TPSA) is 43.9 Å². The van der Waals surface area contributed by atoms with E-state index in [1.54, 1.807) is 12.1 Å². The molecule has 0 aromatic heterocycles. The Labute approximate surface area is 198 Å². The standard InChI is InChI=1S/C28H26FN3O2/c29-20-9-11-21(12-10-20)30-15-17-31(18-16-30)28(34)25-23-7-3-4-8-24(23)27(33)32-14-13-19-5-1-2-6-22(19)26(25)32/h1-12,25-26H,13-18H2/t25-,26+/m1/s1. The van der Waals surface area contributed by atoms with Crippen LogP contribution in [0, 0.1) is 5.82 Å². The summed E-state index contributed by atoms with van der Waals surface area (Å²) in [7, 11) is 0. The predicted octanol–water partition coefficient (Wildman–Crippen LogP) is 4.01. The fourth-order valence-corrected chi connectivity index (χ4v) is 5.78. The Morgan fingerprint density at radius 1 is 0.794 bits per heavy atom. The van der Waals surface area contributed by atoms with Gasteiger partial charge in [-0.05, 0) is 53.4 Å². The molecule has 0 aliphatic carbocycles. The molecule has 6 rings (SSSR count). The molecule has 3 heterocycles. The molecule has 2 amide bonds. The molecule has 6 heteroatoms. The third-order valence-corrected chi connectivity index (χ3v) is 7.48. The van der Waals surface area contributed by atoms with Crippen LogP contribution in [0.2, 0.25) is 0 Å². The molecule has 0 N–H and O–H groups in total.